The van der Waals surface area contributed by atoms with Gasteiger partial charge >= 0.3 is 0 Å². The van der Waals surface area contributed by atoms with Crippen LogP contribution in [0.25, 0.3) is 0 Å². The quantitative estimate of drug-likeness (QED) is 0.907. The number of aromatic nitrogens is 1. The standard InChI is InChI=1S/C17H19N3O/c1-12-3-2-7-19-16(12)10-17(21)20-15-5-4-13-6-8-18-11-14(13)9-15/h2-5,7,9,18H,6,8,10-11H2,1H3,(H,20,21). The lowest BCUT2D eigenvalue weighted by atomic mass is 10.0. The number of hydrogen-bond donors (Lipinski definition) is 2. The molecule has 0 radical (unpaired) electrons. The number of nitrogens with one attached hydrogen (secondary N) is 2. The van der Waals surface area contributed by atoms with Crippen molar-refractivity contribution in [2.24, 2.45) is 0 Å². The van der Waals surface area contributed by atoms with Gasteiger partial charge in [-0.05, 0) is 54.8 Å². The van der Waals surface area contributed by atoms with Crippen LogP contribution in [0.2, 0.25) is 0 Å². The molecule has 4 nitrogen and oxygen atoms in total. The van der Waals surface area contributed by atoms with E-state index in [9.17, 15) is 4.79 Å². The first-order valence-electron chi connectivity index (χ1n) is 7.25. The van der Waals surface area contributed by atoms with Gasteiger partial charge in [0, 0.05) is 18.4 Å². The molecule has 21 heavy (non-hydrogen) atoms. The van der Waals surface area contributed by atoms with E-state index in [1.54, 1.807) is 6.20 Å². The molecule has 0 fully saturated rings. The number of rotatable bonds is 3. The number of nitrogens with zero attached hydrogens (tertiary/aromatic N) is 1. The molecular weight excluding hydrogens is 262 g/mol. The van der Waals surface area contributed by atoms with Crippen LogP contribution in [0.4, 0.5) is 5.69 Å². The zero-order valence-corrected chi connectivity index (χ0v) is 12.1. The van der Waals surface area contributed by atoms with Gasteiger partial charge in [0.05, 0.1) is 12.1 Å². The molecule has 0 aliphatic carbocycles. The van der Waals surface area contributed by atoms with Crippen LogP contribution in [0.5, 0.6) is 0 Å². The summed E-state index contributed by atoms with van der Waals surface area (Å²) < 4.78 is 0. The third-order valence-corrected chi connectivity index (χ3v) is 3.82. The van der Waals surface area contributed by atoms with Gasteiger partial charge in [-0.2, -0.15) is 0 Å². The highest BCUT2D eigenvalue weighted by Gasteiger charge is 2.11. The smallest absolute Gasteiger partial charge is 0.230 e. The molecule has 0 bridgehead atoms. The molecule has 0 saturated heterocycles. The molecule has 108 valence electrons. The molecule has 0 spiro atoms. The van der Waals surface area contributed by atoms with E-state index in [1.165, 1.54) is 11.1 Å². The van der Waals surface area contributed by atoms with Gasteiger partial charge in [0.15, 0.2) is 0 Å². The maximum atomic E-state index is 12.1. The first-order valence-corrected chi connectivity index (χ1v) is 7.25. The van der Waals surface area contributed by atoms with Crippen molar-refractivity contribution in [2.75, 3.05) is 11.9 Å². The van der Waals surface area contributed by atoms with Crippen molar-refractivity contribution in [3.8, 4) is 0 Å². The number of carbonyl (C=O) groups is 1. The van der Waals surface area contributed by atoms with Gasteiger partial charge in [-0.15, -0.1) is 0 Å². The summed E-state index contributed by atoms with van der Waals surface area (Å²) in [5.74, 6) is -0.0273. The normalized spacial score (nSPS) is 13.6. The first-order chi connectivity index (χ1) is 10.2. The molecule has 2 aromatic rings. The second kappa shape index (κ2) is 6.06. The molecule has 2 N–H and O–H groups in total. The van der Waals surface area contributed by atoms with E-state index in [1.807, 2.05) is 25.1 Å². The van der Waals surface area contributed by atoms with Crippen LogP contribution < -0.4 is 10.6 Å². The van der Waals surface area contributed by atoms with Gasteiger partial charge < -0.3 is 10.6 Å². The second-order valence-electron chi connectivity index (χ2n) is 5.40. The minimum Gasteiger partial charge on any atom is -0.326 e. The van der Waals surface area contributed by atoms with E-state index in [2.05, 4.69) is 27.8 Å². The predicted octanol–water partition coefficient (Wildman–Crippen LogP) is 2.22. The Morgan fingerprint density at radius 3 is 3.10 bits per heavy atom. The Kier molecular flexibility index (Phi) is 3.97. The minimum absolute atomic E-state index is 0.0273. The Morgan fingerprint density at radius 1 is 1.33 bits per heavy atom. The molecule has 1 aliphatic rings. The molecule has 1 aliphatic heterocycles. The number of carbonyl (C=O) groups excluding carboxylic acids is 1. The number of benzene rings is 1. The van der Waals surface area contributed by atoms with E-state index in [-0.39, 0.29) is 5.91 Å². The van der Waals surface area contributed by atoms with Crippen LogP contribution in [0.1, 0.15) is 22.4 Å². The zero-order chi connectivity index (χ0) is 14.7. The van der Waals surface area contributed by atoms with Crippen LogP contribution in [0.15, 0.2) is 36.5 Å². The Labute approximate surface area is 124 Å². The Balaban J connectivity index is 1.69. The average molecular weight is 281 g/mol. The lowest BCUT2D eigenvalue weighted by molar-refractivity contribution is -0.115. The summed E-state index contributed by atoms with van der Waals surface area (Å²) >= 11 is 0. The fraction of sp³-hybridized carbons (Fsp3) is 0.294. The van der Waals surface area contributed by atoms with E-state index in [4.69, 9.17) is 0 Å². The van der Waals surface area contributed by atoms with Crippen molar-refractivity contribution in [1.29, 1.82) is 0 Å². The SMILES string of the molecule is Cc1cccnc1CC(=O)Nc1ccc2c(c1)CNCC2. The summed E-state index contributed by atoms with van der Waals surface area (Å²) in [6.45, 7) is 3.87. The number of amides is 1. The number of fused-ring (bicyclic) bond motifs is 1. The largest absolute Gasteiger partial charge is 0.326 e. The summed E-state index contributed by atoms with van der Waals surface area (Å²) in [7, 11) is 0. The van der Waals surface area contributed by atoms with Crippen LogP contribution in [0.3, 0.4) is 0 Å². The predicted molar refractivity (Wildman–Crippen MR) is 83.2 cm³/mol. The number of pyridine rings is 1. The van der Waals surface area contributed by atoms with Crippen molar-refractivity contribution >= 4 is 11.6 Å². The maximum Gasteiger partial charge on any atom is 0.230 e. The lowest BCUT2D eigenvalue weighted by Gasteiger charge is -2.18. The van der Waals surface area contributed by atoms with Gasteiger partial charge in [0.25, 0.3) is 0 Å². The molecule has 0 unspecified atom stereocenters. The van der Waals surface area contributed by atoms with Gasteiger partial charge in [-0.25, -0.2) is 0 Å². The fourth-order valence-electron chi connectivity index (χ4n) is 2.62. The van der Waals surface area contributed by atoms with Crippen LogP contribution in [-0.4, -0.2) is 17.4 Å². The van der Waals surface area contributed by atoms with Crippen molar-refractivity contribution in [3.63, 3.8) is 0 Å². The molecule has 1 aromatic heterocycles. The Morgan fingerprint density at radius 2 is 2.24 bits per heavy atom. The summed E-state index contributed by atoms with van der Waals surface area (Å²) in [6.07, 6.45) is 3.08. The fourth-order valence-corrected chi connectivity index (χ4v) is 2.62. The highest BCUT2D eigenvalue weighted by molar-refractivity contribution is 5.92. The molecule has 1 aromatic carbocycles. The average Bonchev–Trinajstić information content (AvgIpc) is 2.49. The summed E-state index contributed by atoms with van der Waals surface area (Å²) in [5, 5.41) is 6.31. The van der Waals surface area contributed by atoms with Crippen LogP contribution >= 0.6 is 0 Å². The van der Waals surface area contributed by atoms with Gasteiger partial charge in [0.2, 0.25) is 5.91 Å². The number of anilines is 1. The molecule has 3 rings (SSSR count). The maximum absolute atomic E-state index is 12.1. The van der Waals surface area contributed by atoms with Crippen molar-refractivity contribution < 1.29 is 4.79 Å². The third kappa shape index (κ3) is 3.28. The van der Waals surface area contributed by atoms with Crippen molar-refractivity contribution in [1.82, 2.24) is 10.3 Å². The zero-order valence-electron chi connectivity index (χ0n) is 12.1. The van der Waals surface area contributed by atoms with Gasteiger partial charge in [-0.1, -0.05) is 12.1 Å². The summed E-state index contributed by atoms with van der Waals surface area (Å²) in [6, 6.07) is 10.0. The molecule has 0 saturated carbocycles. The number of aryl methyl sites for hydroxylation is 1. The van der Waals surface area contributed by atoms with Gasteiger partial charge in [-0.3, -0.25) is 9.78 Å². The summed E-state index contributed by atoms with van der Waals surface area (Å²) in [4.78, 5) is 16.4. The summed E-state index contributed by atoms with van der Waals surface area (Å²) in [5.41, 5.74) is 5.37. The Bertz CT molecular complexity index is 667. The molecule has 0 atom stereocenters. The number of hydrogen-bond acceptors (Lipinski definition) is 3. The minimum atomic E-state index is -0.0273. The molecular formula is C17H19N3O. The van der Waals surface area contributed by atoms with Crippen LogP contribution in [0, 0.1) is 6.92 Å². The van der Waals surface area contributed by atoms with Gasteiger partial charge in [0.1, 0.15) is 0 Å². The molecule has 2 heterocycles. The van der Waals surface area contributed by atoms with E-state index in [0.717, 1.165) is 36.5 Å². The Hall–Kier alpha value is -2.20. The van der Waals surface area contributed by atoms with E-state index >= 15 is 0 Å². The first kappa shape index (κ1) is 13.8. The topological polar surface area (TPSA) is 54.0 Å². The van der Waals surface area contributed by atoms with E-state index < -0.39 is 0 Å². The van der Waals surface area contributed by atoms with E-state index in [0.29, 0.717) is 6.42 Å². The lowest BCUT2D eigenvalue weighted by Crippen LogP contribution is -2.24. The monoisotopic (exact) mass is 281 g/mol. The highest BCUT2D eigenvalue weighted by Crippen LogP contribution is 2.19. The third-order valence-electron chi connectivity index (χ3n) is 3.82. The highest BCUT2D eigenvalue weighted by atomic mass is 16.1. The molecule has 4 heteroatoms. The molecule has 1 amide bonds. The second-order valence-corrected chi connectivity index (χ2v) is 5.40. The van der Waals surface area contributed by atoms with Crippen LogP contribution in [-0.2, 0) is 24.2 Å². The van der Waals surface area contributed by atoms with Crippen molar-refractivity contribution in [2.45, 2.75) is 26.3 Å². The van der Waals surface area contributed by atoms with Crippen molar-refractivity contribution in [3.05, 3.63) is 58.9 Å².